The maximum Gasteiger partial charge on any atom is 0.164 e. The smallest absolute Gasteiger partial charge is 0.164 e. The molecule has 2 aromatic heterocycles. The maximum absolute atomic E-state index is 9.15. The van der Waals surface area contributed by atoms with Crippen LogP contribution in [-0.2, 0) is 0 Å². The fraction of sp³-hybridized carbons (Fsp3) is 0. The summed E-state index contributed by atoms with van der Waals surface area (Å²) in [5, 5.41) is 1.24. The van der Waals surface area contributed by atoms with Gasteiger partial charge in [0.15, 0.2) is 17.5 Å². The summed E-state index contributed by atoms with van der Waals surface area (Å²) >= 11 is 0. The second-order valence-electron chi connectivity index (χ2n) is 13.4. The third-order valence-electron chi connectivity index (χ3n) is 10.0. The highest BCUT2D eigenvalue weighted by Crippen LogP contribution is 2.38. The minimum absolute atomic E-state index is 0.0610. The Hall–Kier alpha value is -7.43. The summed E-state index contributed by atoms with van der Waals surface area (Å²) in [5.41, 5.74) is 10.8. The van der Waals surface area contributed by atoms with Gasteiger partial charge in [-0.15, -0.1) is 0 Å². The molecule has 2 heterocycles. The molecule has 4 heteroatoms. The number of aromatic nitrogens is 4. The Kier molecular flexibility index (Phi) is 7.08. The summed E-state index contributed by atoms with van der Waals surface area (Å²) in [4.78, 5) is 14.6. The molecule has 0 aliphatic carbocycles. The van der Waals surface area contributed by atoms with Crippen molar-refractivity contribution in [1.29, 1.82) is 0 Å². The van der Waals surface area contributed by atoms with Gasteiger partial charge in [0, 0.05) is 33.2 Å². The van der Waals surface area contributed by atoms with Gasteiger partial charge in [-0.3, -0.25) is 0 Å². The Balaban J connectivity index is 1.08. The van der Waals surface area contributed by atoms with Crippen LogP contribution in [0.25, 0.3) is 95.0 Å². The number of para-hydroxylation sites is 1. The number of fused-ring (bicyclic) bond motifs is 3. The van der Waals surface area contributed by atoms with Crippen LogP contribution in [0.1, 0.15) is 5.48 Å². The van der Waals surface area contributed by atoms with E-state index in [1.807, 2.05) is 132 Å². The molecule has 10 aromatic rings. The van der Waals surface area contributed by atoms with Crippen LogP contribution in [0.15, 0.2) is 206 Å². The van der Waals surface area contributed by atoms with Crippen LogP contribution in [0.2, 0.25) is 0 Å². The molecule has 0 saturated heterocycles. The zero-order valence-corrected chi connectivity index (χ0v) is 29.6. The predicted octanol–water partition coefficient (Wildman–Crippen LogP) is 13.0. The van der Waals surface area contributed by atoms with E-state index in [4.69, 9.17) is 20.4 Å². The zero-order valence-electron chi connectivity index (χ0n) is 33.6. The van der Waals surface area contributed by atoms with Gasteiger partial charge >= 0.3 is 0 Å². The first-order valence-corrected chi connectivity index (χ1v) is 18.2. The van der Waals surface area contributed by atoms with E-state index < -0.39 is 0 Å². The van der Waals surface area contributed by atoms with Crippen LogP contribution in [0.3, 0.4) is 0 Å². The molecule has 0 unspecified atom stereocenters. The first-order valence-electron chi connectivity index (χ1n) is 20.2. The summed E-state index contributed by atoms with van der Waals surface area (Å²) in [6.07, 6.45) is 0. The van der Waals surface area contributed by atoms with Crippen molar-refractivity contribution in [3.05, 3.63) is 206 Å². The third-order valence-corrected chi connectivity index (χ3v) is 10.0. The van der Waals surface area contributed by atoms with E-state index in [1.54, 1.807) is 0 Å². The predicted molar refractivity (Wildman–Crippen MR) is 227 cm³/mol. The summed E-state index contributed by atoms with van der Waals surface area (Å²) in [6.45, 7) is 0. The molecule has 0 radical (unpaired) electrons. The lowest BCUT2D eigenvalue weighted by atomic mass is 9.94. The number of rotatable bonds is 7. The van der Waals surface area contributed by atoms with Crippen molar-refractivity contribution >= 4 is 21.8 Å². The van der Waals surface area contributed by atoms with Crippen LogP contribution in [0, 0.1) is 0 Å². The lowest BCUT2D eigenvalue weighted by Crippen LogP contribution is -2.00. The molecule has 8 aromatic carbocycles. The first-order chi connectivity index (χ1) is 28.9. The van der Waals surface area contributed by atoms with Crippen molar-refractivity contribution in [1.82, 2.24) is 19.5 Å². The summed E-state index contributed by atoms with van der Waals surface area (Å²) in [5.74, 6) is 1.77. The average Bonchev–Trinajstić information content (AvgIpc) is 3.66. The molecule has 0 N–H and O–H groups in total. The standard InChI is InChI=1S/C51H34N4/c1-4-15-36(16-5-1)43-23-10-11-24-44(43)41-31-32-48-46(34-41)45-25-12-13-26-47(45)55(48)42-22-14-21-40(33-42)35-27-29-39(30-28-35)51-53-49(37-17-6-2-7-18-37)52-50(54-51)38-19-8-3-9-20-38/h1-34H/i12D,13D,25D,26D. The molecule has 0 saturated carbocycles. The molecule has 0 fully saturated rings. The molecule has 0 aliphatic heterocycles. The van der Waals surface area contributed by atoms with Gasteiger partial charge in [0.2, 0.25) is 0 Å². The van der Waals surface area contributed by atoms with E-state index in [9.17, 15) is 0 Å². The molecule has 0 spiro atoms. The number of nitrogens with zero attached hydrogens (tertiary/aromatic N) is 4. The molecule has 0 bridgehead atoms. The van der Waals surface area contributed by atoms with Gasteiger partial charge in [-0.05, 0) is 63.7 Å². The van der Waals surface area contributed by atoms with Gasteiger partial charge in [-0.1, -0.05) is 176 Å². The van der Waals surface area contributed by atoms with Crippen LogP contribution >= 0.6 is 0 Å². The zero-order chi connectivity index (χ0) is 40.0. The Bertz CT molecular complexity index is 3130. The summed E-state index contributed by atoms with van der Waals surface area (Å²) < 4.78 is 37.5. The quantitative estimate of drug-likeness (QED) is 0.166. The SMILES string of the molecule is [2H]c1c([2H])c([2H])c2c(c1[2H])c1cc(-c3ccccc3-c3ccccc3)ccc1n2-c1cccc(-c2ccc(-c3nc(-c4ccccc4)nc(-c4ccccc4)n3)cc2)c1. The lowest BCUT2D eigenvalue weighted by molar-refractivity contribution is 1.07. The highest BCUT2D eigenvalue weighted by atomic mass is 15.0. The maximum atomic E-state index is 9.15. The van der Waals surface area contributed by atoms with Gasteiger partial charge in [-0.25, -0.2) is 15.0 Å². The lowest BCUT2D eigenvalue weighted by Gasteiger charge is -2.12. The van der Waals surface area contributed by atoms with Gasteiger partial charge in [0.25, 0.3) is 0 Å². The normalized spacial score (nSPS) is 12.3. The van der Waals surface area contributed by atoms with Gasteiger partial charge in [-0.2, -0.15) is 0 Å². The molecular weight excluding hydrogens is 669 g/mol. The van der Waals surface area contributed by atoms with Gasteiger partial charge < -0.3 is 4.57 Å². The molecule has 0 amide bonds. The molecule has 0 atom stereocenters. The number of hydrogen-bond acceptors (Lipinski definition) is 3. The third kappa shape index (κ3) is 6.06. The minimum Gasteiger partial charge on any atom is -0.309 e. The number of benzene rings is 8. The average molecular weight is 707 g/mol. The highest BCUT2D eigenvalue weighted by Gasteiger charge is 2.16. The van der Waals surface area contributed by atoms with E-state index in [0.717, 1.165) is 66.7 Å². The van der Waals surface area contributed by atoms with Crippen molar-refractivity contribution in [2.24, 2.45) is 0 Å². The van der Waals surface area contributed by atoms with E-state index in [1.165, 1.54) is 0 Å². The van der Waals surface area contributed by atoms with Gasteiger partial charge in [0.1, 0.15) is 0 Å². The minimum atomic E-state index is -0.267. The van der Waals surface area contributed by atoms with Crippen LogP contribution in [0.5, 0.6) is 0 Å². The molecule has 10 rings (SSSR count). The van der Waals surface area contributed by atoms with Crippen molar-refractivity contribution < 1.29 is 5.48 Å². The van der Waals surface area contributed by atoms with Crippen molar-refractivity contribution in [3.8, 4) is 73.2 Å². The van der Waals surface area contributed by atoms with E-state index in [-0.39, 0.29) is 24.2 Å². The largest absolute Gasteiger partial charge is 0.309 e. The Morgan fingerprint density at radius 3 is 1.47 bits per heavy atom. The van der Waals surface area contributed by atoms with Gasteiger partial charge in [0.05, 0.1) is 16.5 Å². The second kappa shape index (κ2) is 13.8. The van der Waals surface area contributed by atoms with Crippen molar-refractivity contribution in [3.63, 3.8) is 0 Å². The highest BCUT2D eigenvalue weighted by molar-refractivity contribution is 6.11. The van der Waals surface area contributed by atoms with E-state index >= 15 is 0 Å². The fourth-order valence-electron chi connectivity index (χ4n) is 7.33. The molecule has 0 aliphatic rings. The van der Waals surface area contributed by atoms with Crippen molar-refractivity contribution in [2.45, 2.75) is 0 Å². The van der Waals surface area contributed by atoms with Crippen LogP contribution in [-0.4, -0.2) is 19.5 Å². The Morgan fingerprint density at radius 2 is 0.836 bits per heavy atom. The summed E-state index contributed by atoms with van der Waals surface area (Å²) in [7, 11) is 0. The molecule has 258 valence electrons. The Labute approximate surface area is 325 Å². The molecular formula is C51H34N4. The second-order valence-corrected chi connectivity index (χ2v) is 13.4. The fourth-order valence-corrected chi connectivity index (χ4v) is 7.33. The first kappa shape index (κ1) is 28.1. The monoisotopic (exact) mass is 706 g/mol. The number of hydrogen-bond donors (Lipinski definition) is 0. The Morgan fingerprint density at radius 1 is 0.345 bits per heavy atom. The molecule has 4 nitrogen and oxygen atoms in total. The van der Waals surface area contributed by atoms with E-state index in [0.29, 0.717) is 28.4 Å². The topological polar surface area (TPSA) is 43.6 Å². The van der Waals surface area contributed by atoms with E-state index in [2.05, 4.69) is 54.6 Å². The summed E-state index contributed by atoms with van der Waals surface area (Å²) in [6, 6.07) is 60.1. The molecule has 55 heavy (non-hydrogen) atoms. The van der Waals surface area contributed by atoms with Crippen LogP contribution in [0.4, 0.5) is 0 Å². The van der Waals surface area contributed by atoms with Crippen LogP contribution < -0.4 is 0 Å². The van der Waals surface area contributed by atoms with Crippen molar-refractivity contribution in [2.75, 3.05) is 0 Å².